The predicted octanol–water partition coefficient (Wildman–Crippen LogP) is 3.70. The third-order valence-corrected chi connectivity index (χ3v) is 2.89. The zero-order chi connectivity index (χ0) is 13.2. The van der Waals surface area contributed by atoms with E-state index in [1.54, 1.807) is 0 Å². The summed E-state index contributed by atoms with van der Waals surface area (Å²) in [5.41, 5.74) is -0.788. The Morgan fingerprint density at radius 3 is 2.39 bits per heavy atom. The molecule has 0 fully saturated rings. The Bertz CT molecular complexity index is 545. The quantitative estimate of drug-likeness (QED) is 0.846. The fraction of sp³-hybridized carbons (Fsp3) is 0.100. The summed E-state index contributed by atoms with van der Waals surface area (Å²) in [5.74, 6) is 0. The molecule has 94 valence electrons. The highest BCUT2D eigenvalue weighted by atomic mass is 35.5. The van der Waals surface area contributed by atoms with Crippen molar-refractivity contribution in [2.75, 3.05) is 0 Å². The van der Waals surface area contributed by atoms with Crippen LogP contribution in [0, 0.1) is 0 Å². The second-order valence-corrected chi connectivity index (χ2v) is 4.59. The van der Waals surface area contributed by atoms with Gasteiger partial charge in [0.2, 0.25) is 0 Å². The summed E-state index contributed by atoms with van der Waals surface area (Å²) in [4.78, 5) is 11.5. The summed E-state index contributed by atoms with van der Waals surface area (Å²) in [7, 11) is 0. The van der Waals surface area contributed by atoms with Crippen molar-refractivity contribution in [2.45, 2.75) is 16.2 Å². The van der Waals surface area contributed by atoms with Gasteiger partial charge in [-0.25, -0.2) is 9.97 Å². The minimum Gasteiger partial charge on any atom is -0.259 e. The van der Waals surface area contributed by atoms with Crippen molar-refractivity contribution in [1.29, 1.82) is 0 Å². The molecule has 0 aromatic carbocycles. The molecule has 0 aliphatic heterocycles. The zero-order valence-corrected chi connectivity index (χ0v) is 10.2. The van der Waals surface area contributed by atoms with Gasteiger partial charge in [-0.2, -0.15) is 13.2 Å². The summed E-state index contributed by atoms with van der Waals surface area (Å²) in [6.45, 7) is 0. The Hall–Kier alpha value is -1.34. The van der Waals surface area contributed by atoms with Gasteiger partial charge in [-0.15, -0.1) is 0 Å². The minimum atomic E-state index is -4.38. The van der Waals surface area contributed by atoms with E-state index in [1.165, 1.54) is 18.5 Å². The molecule has 0 aliphatic rings. The topological polar surface area (TPSA) is 38.7 Å². The lowest BCUT2D eigenvalue weighted by Crippen LogP contribution is -2.05. The highest BCUT2D eigenvalue weighted by Crippen LogP contribution is 2.30. The van der Waals surface area contributed by atoms with Crippen LogP contribution in [0.1, 0.15) is 5.56 Å². The van der Waals surface area contributed by atoms with Crippen LogP contribution < -0.4 is 0 Å². The van der Waals surface area contributed by atoms with E-state index in [0.717, 1.165) is 24.0 Å². The molecule has 0 radical (unpaired) electrons. The van der Waals surface area contributed by atoms with Crippen LogP contribution in [0.2, 0.25) is 5.15 Å². The van der Waals surface area contributed by atoms with E-state index in [-0.39, 0.29) is 5.15 Å². The Labute approximate surface area is 109 Å². The van der Waals surface area contributed by atoms with Crippen LogP contribution in [0.15, 0.2) is 40.8 Å². The van der Waals surface area contributed by atoms with Crippen molar-refractivity contribution in [3.05, 3.63) is 41.4 Å². The number of hydrogen-bond donors (Lipinski definition) is 0. The van der Waals surface area contributed by atoms with Crippen molar-refractivity contribution in [1.82, 2.24) is 15.0 Å². The van der Waals surface area contributed by atoms with E-state index in [2.05, 4.69) is 15.0 Å². The maximum atomic E-state index is 12.3. The number of hydrogen-bond acceptors (Lipinski definition) is 4. The standard InChI is InChI=1S/C10H5ClF3N3S/c11-7-4-15-5-9(17-7)18-8-2-1-6(3-16-8)10(12,13)14/h1-5H. The third kappa shape index (κ3) is 3.33. The number of nitrogens with zero attached hydrogens (tertiary/aromatic N) is 3. The van der Waals surface area contributed by atoms with Crippen LogP contribution in [0.25, 0.3) is 0 Å². The molecule has 3 nitrogen and oxygen atoms in total. The van der Waals surface area contributed by atoms with E-state index in [1.807, 2.05) is 0 Å². The fourth-order valence-electron chi connectivity index (χ4n) is 1.09. The smallest absolute Gasteiger partial charge is 0.259 e. The minimum absolute atomic E-state index is 0.215. The summed E-state index contributed by atoms with van der Waals surface area (Å²) < 4.78 is 36.9. The lowest BCUT2D eigenvalue weighted by atomic mass is 10.3. The van der Waals surface area contributed by atoms with Crippen LogP contribution in [-0.4, -0.2) is 15.0 Å². The molecule has 0 unspecified atom stereocenters. The van der Waals surface area contributed by atoms with Gasteiger partial charge >= 0.3 is 6.18 Å². The molecular formula is C10H5ClF3N3S. The van der Waals surface area contributed by atoms with E-state index in [0.29, 0.717) is 10.1 Å². The summed E-state index contributed by atoms with van der Waals surface area (Å²) in [5, 5.41) is 1.07. The summed E-state index contributed by atoms with van der Waals surface area (Å²) in [6, 6.07) is 2.24. The first-order valence-corrected chi connectivity index (χ1v) is 5.83. The molecule has 0 saturated heterocycles. The van der Waals surface area contributed by atoms with Gasteiger partial charge in [-0.3, -0.25) is 4.98 Å². The monoisotopic (exact) mass is 291 g/mol. The highest BCUT2D eigenvalue weighted by molar-refractivity contribution is 7.99. The largest absolute Gasteiger partial charge is 0.417 e. The lowest BCUT2D eigenvalue weighted by Gasteiger charge is -2.06. The van der Waals surface area contributed by atoms with E-state index in [4.69, 9.17) is 11.6 Å². The van der Waals surface area contributed by atoms with Crippen LogP contribution in [0.4, 0.5) is 13.2 Å². The normalized spacial score (nSPS) is 11.6. The molecule has 8 heteroatoms. The van der Waals surface area contributed by atoms with E-state index >= 15 is 0 Å². The van der Waals surface area contributed by atoms with Crippen LogP contribution in [0.5, 0.6) is 0 Å². The second kappa shape index (κ2) is 5.11. The first-order valence-electron chi connectivity index (χ1n) is 4.64. The number of alkyl halides is 3. The molecule has 0 aliphatic carbocycles. The van der Waals surface area contributed by atoms with Gasteiger partial charge in [-0.1, -0.05) is 11.6 Å². The molecule has 2 aromatic heterocycles. The van der Waals surface area contributed by atoms with Crippen molar-refractivity contribution >= 4 is 23.4 Å². The maximum Gasteiger partial charge on any atom is 0.417 e. The Morgan fingerprint density at radius 2 is 1.83 bits per heavy atom. The molecule has 2 heterocycles. The number of halogens is 4. The van der Waals surface area contributed by atoms with Gasteiger partial charge in [0.05, 0.1) is 18.0 Å². The second-order valence-electron chi connectivity index (χ2n) is 3.16. The van der Waals surface area contributed by atoms with Crippen molar-refractivity contribution in [3.63, 3.8) is 0 Å². The highest BCUT2D eigenvalue weighted by Gasteiger charge is 2.30. The van der Waals surface area contributed by atoms with Crippen molar-refractivity contribution in [3.8, 4) is 0 Å². The lowest BCUT2D eigenvalue weighted by molar-refractivity contribution is -0.137. The number of aromatic nitrogens is 3. The SMILES string of the molecule is FC(F)(F)c1ccc(Sc2cncc(Cl)n2)nc1. The molecule has 0 saturated carbocycles. The van der Waals surface area contributed by atoms with Gasteiger partial charge in [0.15, 0.2) is 0 Å². The zero-order valence-electron chi connectivity index (χ0n) is 8.65. The van der Waals surface area contributed by atoms with E-state index in [9.17, 15) is 13.2 Å². The molecule has 0 amide bonds. The molecule has 2 rings (SSSR count). The van der Waals surface area contributed by atoms with Gasteiger partial charge in [-0.05, 0) is 23.9 Å². The van der Waals surface area contributed by atoms with Gasteiger partial charge in [0.1, 0.15) is 15.2 Å². The number of rotatable bonds is 2. The average molecular weight is 292 g/mol. The molecule has 0 N–H and O–H groups in total. The Morgan fingerprint density at radius 1 is 1.06 bits per heavy atom. The molecule has 2 aromatic rings. The average Bonchev–Trinajstić information content (AvgIpc) is 2.28. The van der Waals surface area contributed by atoms with Crippen molar-refractivity contribution < 1.29 is 13.2 Å². The molecule has 0 spiro atoms. The number of pyridine rings is 1. The van der Waals surface area contributed by atoms with E-state index < -0.39 is 11.7 Å². The molecule has 0 atom stereocenters. The van der Waals surface area contributed by atoms with Gasteiger partial charge < -0.3 is 0 Å². The van der Waals surface area contributed by atoms with Gasteiger partial charge in [0, 0.05) is 6.20 Å². The Balaban J connectivity index is 2.16. The van der Waals surface area contributed by atoms with Crippen LogP contribution >= 0.6 is 23.4 Å². The Kier molecular flexibility index (Phi) is 3.72. The van der Waals surface area contributed by atoms with Gasteiger partial charge in [0.25, 0.3) is 0 Å². The molecular weight excluding hydrogens is 287 g/mol. The molecule has 0 bridgehead atoms. The molecule has 18 heavy (non-hydrogen) atoms. The van der Waals surface area contributed by atoms with Crippen LogP contribution in [0.3, 0.4) is 0 Å². The first kappa shape index (κ1) is 13.1. The summed E-state index contributed by atoms with van der Waals surface area (Å²) in [6.07, 6.45) is -0.784. The van der Waals surface area contributed by atoms with Crippen molar-refractivity contribution in [2.24, 2.45) is 0 Å². The summed E-state index contributed by atoms with van der Waals surface area (Å²) >= 11 is 6.72. The fourth-order valence-corrected chi connectivity index (χ4v) is 2.00. The van der Waals surface area contributed by atoms with Crippen LogP contribution in [-0.2, 0) is 6.18 Å². The predicted molar refractivity (Wildman–Crippen MR) is 60.4 cm³/mol. The first-order chi connectivity index (χ1) is 8.45. The maximum absolute atomic E-state index is 12.3. The third-order valence-electron chi connectivity index (χ3n) is 1.86.